The van der Waals surface area contributed by atoms with Gasteiger partial charge in [-0.2, -0.15) is 0 Å². The normalized spacial score (nSPS) is 10.4. The minimum Gasteiger partial charge on any atom is -0.497 e. The molecule has 5 heteroatoms. The van der Waals surface area contributed by atoms with Gasteiger partial charge < -0.3 is 9.64 Å². The van der Waals surface area contributed by atoms with Crippen LogP contribution in [0.2, 0.25) is 0 Å². The largest absolute Gasteiger partial charge is 0.497 e. The van der Waals surface area contributed by atoms with Crippen molar-refractivity contribution in [2.45, 2.75) is 13.0 Å². The second-order valence-electron chi connectivity index (χ2n) is 6.11. The van der Waals surface area contributed by atoms with Crippen molar-refractivity contribution in [1.29, 1.82) is 0 Å². The summed E-state index contributed by atoms with van der Waals surface area (Å²) in [5.41, 5.74) is 2.71. The Hall–Kier alpha value is -2.92. The maximum absolute atomic E-state index is 12.9. The number of rotatable bonds is 8. The maximum Gasteiger partial charge on any atom is 0.273 e. The summed E-state index contributed by atoms with van der Waals surface area (Å²) < 4.78 is 5.18. The summed E-state index contributed by atoms with van der Waals surface area (Å²) in [6.07, 6.45) is 2.47. The summed E-state index contributed by atoms with van der Waals surface area (Å²) in [5.74, 6) is 0.715. The number of methoxy groups -OCH3 is 1. The van der Waals surface area contributed by atoms with Gasteiger partial charge in [-0.05, 0) is 23.3 Å². The third-order valence-corrected chi connectivity index (χ3v) is 4.99. The molecule has 0 fully saturated rings. The minimum atomic E-state index is -0.0821. The van der Waals surface area contributed by atoms with Gasteiger partial charge in [-0.3, -0.25) is 4.79 Å². The summed E-state index contributed by atoms with van der Waals surface area (Å²) in [7, 11) is 1.64. The van der Waals surface area contributed by atoms with Crippen LogP contribution in [0.3, 0.4) is 0 Å². The van der Waals surface area contributed by atoms with Crippen molar-refractivity contribution in [3.8, 4) is 5.75 Å². The molecule has 2 aromatic carbocycles. The lowest BCUT2D eigenvalue weighted by atomic mass is 10.2. The molecular formula is C22H22N2O2S. The van der Waals surface area contributed by atoms with E-state index >= 15 is 0 Å². The summed E-state index contributed by atoms with van der Waals surface area (Å²) in [5, 5.41) is 2.78. The quantitative estimate of drug-likeness (QED) is 0.539. The molecule has 0 unspecified atom stereocenters. The average Bonchev–Trinajstić information content (AvgIpc) is 3.17. The van der Waals surface area contributed by atoms with E-state index in [9.17, 15) is 4.79 Å². The lowest BCUT2D eigenvalue weighted by Gasteiger charge is -2.20. The molecule has 27 heavy (non-hydrogen) atoms. The van der Waals surface area contributed by atoms with Crippen molar-refractivity contribution in [3.05, 3.63) is 94.5 Å². The smallest absolute Gasteiger partial charge is 0.273 e. The Kier molecular flexibility index (Phi) is 6.39. The molecule has 0 bridgehead atoms. The SMILES string of the molecule is C=CCN(Cc1ccc(OC)cc1)C(=O)c1csc(Cc2ccccc2)n1. The number of carbonyl (C=O) groups excluding carboxylic acids is 1. The Labute approximate surface area is 163 Å². The number of amides is 1. The first-order chi connectivity index (χ1) is 13.2. The number of ether oxygens (including phenoxy) is 1. The fourth-order valence-corrected chi connectivity index (χ4v) is 3.55. The Morgan fingerprint density at radius 1 is 1.15 bits per heavy atom. The molecule has 0 saturated carbocycles. The van der Waals surface area contributed by atoms with Crippen LogP contribution in [0.1, 0.15) is 26.6 Å². The zero-order valence-electron chi connectivity index (χ0n) is 15.3. The van der Waals surface area contributed by atoms with E-state index in [1.165, 1.54) is 16.9 Å². The highest BCUT2D eigenvalue weighted by molar-refractivity contribution is 7.09. The van der Waals surface area contributed by atoms with Gasteiger partial charge in [0.15, 0.2) is 0 Å². The molecule has 3 rings (SSSR count). The number of nitrogens with zero attached hydrogens (tertiary/aromatic N) is 2. The number of thiazole rings is 1. The van der Waals surface area contributed by atoms with Gasteiger partial charge in [0, 0.05) is 24.9 Å². The number of hydrogen-bond donors (Lipinski definition) is 0. The highest BCUT2D eigenvalue weighted by Gasteiger charge is 2.18. The van der Waals surface area contributed by atoms with Crippen LogP contribution >= 0.6 is 11.3 Å². The molecule has 0 N–H and O–H groups in total. The second-order valence-corrected chi connectivity index (χ2v) is 7.05. The van der Waals surface area contributed by atoms with Crippen molar-refractivity contribution in [1.82, 2.24) is 9.88 Å². The number of benzene rings is 2. The molecule has 0 spiro atoms. The van der Waals surface area contributed by atoms with E-state index in [4.69, 9.17) is 4.74 Å². The molecule has 0 aliphatic heterocycles. The number of aromatic nitrogens is 1. The van der Waals surface area contributed by atoms with Gasteiger partial charge in [0.1, 0.15) is 11.4 Å². The van der Waals surface area contributed by atoms with Gasteiger partial charge in [-0.25, -0.2) is 4.98 Å². The van der Waals surface area contributed by atoms with Crippen molar-refractivity contribution >= 4 is 17.2 Å². The Balaban J connectivity index is 1.71. The second kappa shape index (κ2) is 9.14. The lowest BCUT2D eigenvalue weighted by molar-refractivity contribution is 0.0757. The molecule has 4 nitrogen and oxygen atoms in total. The van der Waals surface area contributed by atoms with Crippen LogP contribution in [-0.2, 0) is 13.0 Å². The molecular weight excluding hydrogens is 356 g/mol. The third kappa shape index (κ3) is 5.05. The van der Waals surface area contributed by atoms with Crippen LogP contribution in [0.25, 0.3) is 0 Å². The van der Waals surface area contributed by atoms with Gasteiger partial charge in [0.2, 0.25) is 0 Å². The van der Waals surface area contributed by atoms with E-state index in [0.717, 1.165) is 22.7 Å². The highest BCUT2D eigenvalue weighted by atomic mass is 32.1. The van der Waals surface area contributed by atoms with Gasteiger partial charge in [-0.15, -0.1) is 17.9 Å². The predicted molar refractivity (Wildman–Crippen MR) is 109 cm³/mol. The summed E-state index contributed by atoms with van der Waals surface area (Å²) in [6, 6.07) is 17.9. The first-order valence-electron chi connectivity index (χ1n) is 8.71. The molecule has 0 atom stereocenters. The Bertz CT molecular complexity index is 888. The first kappa shape index (κ1) is 18.9. The van der Waals surface area contributed by atoms with Crippen molar-refractivity contribution in [2.24, 2.45) is 0 Å². The topological polar surface area (TPSA) is 42.4 Å². The van der Waals surface area contributed by atoms with Crippen molar-refractivity contribution in [2.75, 3.05) is 13.7 Å². The Morgan fingerprint density at radius 3 is 2.56 bits per heavy atom. The summed E-state index contributed by atoms with van der Waals surface area (Å²) in [4.78, 5) is 19.2. The third-order valence-electron chi connectivity index (χ3n) is 4.14. The molecule has 3 aromatic rings. The van der Waals surface area contributed by atoms with Gasteiger partial charge in [0.25, 0.3) is 5.91 Å². The van der Waals surface area contributed by atoms with Gasteiger partial charge in [-0.1, -0.05) is 48.5 Å². The van der Waals surface area contributed by atoms with E-state index in [1.807, 2.05) is 47.8 Å². The van der Waals surface area contributed by atoms with E-state index in [0.29, 0.717) is 18.8 Å². The van der Waals surface area contributed by atoms with Crippen LogP contribution in [0.15, 0.2) is 72.6 Å². The van der Waals surface area contributed by atoms with Crippen LogP contribution in [-0.4, -0.2) is 29.4 Å². The fraction of sp³-hybridized carbons (Fsp3) is 0.182. The highest BCUT2D eigenvalue weighted by Crippen LogP contribution is 2.18. The Morgan fingerprint density at radius 2 is 1.89 bits per heavy atom. The van der Waals surface area contributed by atoms with E-state index in [-0.39, 0.29) is 5.91 Å². The van der Waals surface area contributed by atoms with E-state index < -0.39 is 0 Å². The summed E-state index contributed by atoms with van der Waals surface area (Å²) >= 11 is 1.52. The van der Waals surface area contributed by atoms with E-state index in [2.05, 4.69) is 23.7 Å². The van der Waals surface area contributed by atoms with E-state index in [1.54, 1.807) is 18.1 Å². The molecule has 1 aromatic heterocycles. The molecule has 1 amide bonds. The molecule has 1 heterocycles. The predicted octanol–water partition coefficient (Wildman–Crippen LogP) is 4.57. The van der Waals surface area contributed by atoms with Crippen molar-refractivity contribution < 1.29 is 9.53 Å². The molecule has 0 aliphatic carbocycles. The monoisotopic (exact) mass is 378 g/mol. The molecule has 0 saturated heterocycles. The van der Waals surface area contributed by atoms with Crippen LogP contribution in [0, 0.1) is 0 Å². The summed E-state index contributed by atoms with van der Waals surface area (Å²) in [6.45, 7) is 4.74. The van der Waals surface area contributed by atoms with Crippen LogP contribution < -0.4 is 4.74 Å². The minimum absolute atomic E-state index is 0.0821. The maximum atomic E-state index is 12.9. The van der Waals surface area contributed by atoms with Gasteiger partial charge in [0.05, 0.1) is 12.1 Å². The molecule has 0 radical (unpaired) electrons. The fourth-order valence-electron chi connectivity index (χ4n) is 2.75. The number of hydrogen-bond acceptors (Lipinski definition) is 4. The standard InChI is InChI=1S/C22H22N2O2S/c1-3-13-24(15-18-9-11-19(26-2)12-10-18)22(25)20-16-27-21(23-20)14-17-7-5-4-6-8-17/h3-12,16H,1,13-15H2,2H3. The molecule has 0 aliphatic rings. The lowest BCUT2D eigenvalue weighted by Crippen LogP contribution is -2.31. The average molecular weight is 378 g/mol. The molecule has 138 valence electrons. The van der Waals surface area contributed by atoms with Crippen molar-refractivity contribution in [3.63, 3.8) is 0 Å². The zero-order valence-corrected chi connectivity index (χ0v) is 16.1. The van der Waals surface area contributed by atoms with Gasteiger partial charge >= 0.3 is 0 Å². The van der Waals surface area contributed by atoms with Crippen LogP contribution in [0.5, 0.6) is 5.75 Å². The first-order valence-corrected chi connectivity index (χ1v) is 9.59. The zero-order chi connectivity index (χ0) is 19.1. The number of carbonyl (C=O) groups is 1. The van der Waals surface area contributed by atoms with Crippen LogP contribution in [0.4, 0.5) is 0 Å².